The van der Waals surface area contributed by atoms with E-state index in [9.17, 15) is 18.0 Å². The Hall–Kier alpha value is -2.89. The second-order valence-electron chi connectivity index (χ2n) is 10.8. The molecule has 4 heterocycles. The van der Waals surface area contributed by atoms with Crippen LogP contribution in [0.4, 0.5) is 30.6 Å². The standard InChI is InChI=1S/C26H37F3N8O/c1-18-22(17-37(34-18)20-8-13-35(14-9-20)16-19-6-7-19)32-25-31-15-21(26(27,28)29)24(33-25)30-10-4-12-36-11-3-2-5-23(36)38/h15,17,19-20H,2-14,16H2,1H3,(H2,30,31,32,33). The topological polar surface area (TPSA) is 91.2 Å². The predicted octanol–water partition coefficient (Wildman–Crippen LogP) is 4.61. The number of amides is 1. The zero-order valence-electron chi connectivity index (χ0n) is 21.9. The van der Waals surface area contributed by atoms with Crippen LogP contribution in [-0.2, 0) is 11.0 Å². The third-order valence-electron chi connectivity index (χ3n) is 7.72. The van der Waals surface area contributed by atoms with Crippen LogP contribution in [0, 0.1) is 12.8 Å². The highest BCUT2D eigenvalue weighted by molar-refractivity contribution is 5.76. The summed E-state index contributed by atoms with van der Waals surface area (Å²) in [5.41, 5.74) is 0.511. The number of piperidine rings is 2. The Kier molecular flexibility index (Phi) is 8.06. The van der Waals surface area contributed by atoms with E-state index in [2.05, 4.69) is 30.6 Å². The lowest BCUT2D eigenvalue weighted by molar-refractivity contribution is -0.137. The van der Waals surface area contributed by atoms with E-state index in [1.54, 1.807) is 4.90 Å². The second kappa shape index (κ2) is 11.5. The number of anilines is 3. The minimum Gasteiger partial charge on any atom is -0.369 e. The molecule has 3 aliphatic rings. The van der Waals surface area contributed by atoms with E-state index in [1.807, 2.05) is 17.8 Å². The molecule has 0 bridgehead atoms. The number of rotatable bonds is 10. The van der Waals surface area contributed by atoms with Crippen LogP contribution < -0.4 is 10.6 Å². The third kappa shape index (κ3) is 6.75. The van der Waals surface area contributed by atoms with Gasteiger partial charge in [0, 0.05) is 58.1 Å². The Morgan fingerprint density at radius 3 is 2.61 bits per heavy atom. The van der Waals surface area contributed by atoms with Gasteiger partial charge in [-0.3, -0.25) is 9.48 Å². The van der Waals surface area contributed by atoms with Gasteiger partial charge in [-0.2, -0.15) is 23.3 Å². The quantitative estimate of drug-likeness (QED) is 0.431. The lowest BCUT2D eigenvalue weighted by Crippen LogP contribution is -2.36. The Balaban J connectivity index is 1.20. The van der Waals surface area contributed by atoms with Crippen molar-refractivity contribution in [2.45, 2.75) is 70.5 Å². The molecule has 2 N–H and O–H groups in total. The monoisotopic (exact) mass is 534 g/mol. The summed E-state index contributed by atoms with van der Waals surface area (Å²) in [6.45, 7) is 6.68. The SMILES string of the molecule is Cc1nn(C2CCN(CC3CC3)CC2)cc1Nc1ncc(C(F)(F)F)c(NCCCN2CCCCC2=O)n1. The molecule has 2 aromatic rings. The van der Waals surface area contributed by atoms with Crippen molar-refractivity contribution >= 4 is 23.4 Å². The fourth-order valence-electron chi connectivity index (χ4n) is 5.30. The number of nitrogens with one attached hydrogen (secondary N) is 2. The number of nitrogens with zero attached hydrogens (tertiary/aromatic N) is 6. The van der Waals surface area contributed by atoms with Gasteiger partial charge in [-0.15, -0.1) is 0 Å². The number of halogens is 3. The summed E-state index contributed by atoms with van der Waals surface area (Å²) < 4.78 is 42.8. The normalized spacial score (nSPS) is 19.7. The van der Waals surface area contributed by atoms with Crippen LogP contribution in [0.5, 0.6) is 0 Å². The fourth-order valence-corrected chi connectivity index (χ4v) is 5.30. The van der Waals surface area contributed by atoms with Crippen molar-refractivity contribution in [2.75, 3.05) is 49.9 Å². The lowest BCUT2D eigenvalue weighted by Gasteiger charge is -2.32. The Bertz CT molecular complexity index is 1110. The number of aromatic nitrogens is 4. The van der Waals surface area contributed by atoms with Crippen LogP contribution >= 0.6 is 0 Å². The molecule has 0 aromatic carbocycles. The van der Waals surface area contributed by atoms with Gasteiger partial charge in [-0.05, 0) is 57.8 Å². The summed E-state index contributed by atoms with van der Waals surface area (Å²) in [5.74, 6) is 0.804. The van der Waals surface area contributed by atoms with E-state index in [1.165, 1.54) is 19.4 Å². The third-order valence-corrected chi connectivity index (χ3v) is 7.72. The molecule has 1 aliphatic carbocycles. The first-order valence-electron chi connectivity index (χ1n) is 13.8. The molecule has 2 aromatic heterocycles. The summed E-state index contributed by atoms with van der Waals surface area (Å²) in [6, 6.07) is 0.303. The molecule has 12 heteroatoms. The van der Waals surface area contributed by atoms with Gasteiger partial charge in [0.2, 0.25) is 11.9 Å². The molecule has 5 rings (SSSR count). The Labute approximate surface area is 221 Å². The van der Waals surface area contributed by atoms with Crippen molar-refractivity contribution in [1.29, 1.82) is 0 Å². The average molecular weight is 535 g/mol. The number of aryl methyl sites for hydroxylation is 1. The van der Waals surface area contributed by atoms with Gasteiger partial charge >= 0.3 is 6.18 Å². The second-order valence-corrected chi connectivity index (χ2v) is 10.8. The molecule has 0 atom stereocenters. The number of alkyl halides is 3. The molecule has 1 saturated carbocycles. The highest BCUT2D eigenvalue weighted by atomic mass is 19.4. The molecule has 0 radical (unpaired) electrons. The van der Waals surface area contributed by atoms with Crippen LogP contribution in [0.3, 0.4) is 0 Å². The minimum absolute atomic E-state index is 0.0774. The molecule has 2 saturated heterocycles. The van der Waals surface area contributed by atoms with Gasteiger partial charge in [0.15, 0.2) is 0 Å². The molecule has 2 aliphatic heterocycles. The van der Waals surface area contributed by atoms with E-state index in [0.717, 1.165) is 56.6 Å². The smallest absolute Gasteiger partial charge is 0.369 e. The average Bonchev–Trinajstić information content (AvgIpc) is 3.63. The maximum absolute atomic E-state index is 13.6. The number of carbonyl (C=O) groups is 1. The largest absolute Gasteiger partial charge is 0.421 e. The van der Waals surface area contributed by atoms with Gasteiger partial charge in [0.1, 0.15) is 11.4 Å². The molecule has 0 spiro atoms. The lowest BCUT2D eigenvalue weighted by atomic mass is 10.1. The number of hydrogen-bond donors (Lipinski definition) is 2. The van der Waals surface area contributed by atoms with Crippen molar-refractivity contribution in [1.82, 2.24) is 29.5 Å². The molecular formula is C26H37F3N8O. The number of carbonyl (C=O) groups excluding carboxylic acids is 1. The Morgan fingerprint density at radius 1 is 1.11 bits per heavy atom. The number of likely N-dealkylation sites (tertiary alicyclic amines) is 2. The highest BCUT2D eigenvalue weighted by Gasteiger charge is 2.35. The molecule has 38 heavy (non-hydrogen) atoms. The van der Waals surface area contributed by atoms with Crippen molar-refractivity contribution in [3.8, 4) is 0 Å². The maximum Gasteiger partial charge on any atom is 0.421 e. The zero-order chi connectivity index (χ0) is 26.7. The van der Waals surface area contributed by atoms with E-state index in [0.29, 0.717) is 37.7 Å². The Morgan fingerprint density at radius 2 is 1.89 bits per heavy atom. The van der Waals surface area contributed by atoms with Crippen LogP contribution in [0.1, 0.15) is 68.7 Å². The summed E-state index contributed by atoms with van der Waals surface area (Å²) in [7, 11) is 0. The number of hydrogen-bond acceptors (Lipinski definition) is 7. The van der Waals surface area contributed by atoms with Crippen molar-refractivity contribution in [2.24, 2.45) is 5.92 Å². The van der Waals surface area contributed by atoms with Gasteiger partial charge < -0.3 is 20.4 Å². The van der Waals surface area contributed by atoms with Crippen LogP contribution in [0.15, 0.2) is 12.4 Å². The fraction of sp³-hybridized carbons (Fsp3) is 0.692. The summed E-state index contributed by atoms with van der Waals surface area (Å²) in [5, 5.41) is 10.6. The minimum atomic E-state index is -4.58. The van der Waals surface area contributed by atoms with Gasteiger partial charge in [-0.1, -0.05) is 0 Å². The first-order valence-corrected chi connectivity index (χ1v) is 13.8. The zero-order valence-corrected chi connectivity index (χ0v) is 21.9. The van der Waals surface area contributed by atoms with Crippen molar-refractivity contribution in [3.63, 3.8) is 0 Å². The van der Waals surface area contributed by atoms with Gasteiger partial charge in [0.25, 0.3) is 0 Å². The summed E-state index contributed by atoms with van der Waals surface area (Å²) in [4.78, 5) is 24.4. The highest BCUT2D eigenvalue weighted by Crippen LogP contribution is 2.35. The molecule has 3 fully saturated rings. The molecule has 9 nitrogen and oxygen atoms in total. The van der Waals surface area contributed by atoms with E-state index < -0.39 is 11.7 Å². The summed E-state index contributed by atoms with van der Waals surface area (Å²) in [6.07, 6.45) is 5.84. The summed E-state index contributed by atoms with van der Waals surface area (Å²) >= 11 is 0. The maximum atomic E-state index is 13.6. The first kappa shape index (κ1) is 26.7. The van der Waals surface area contributed by atoms with E-state index in [4.69, 9.17) is 0 Å². The van der Waals surface area contributed by atoms with Crippen LogP contribution in [0.2, 0.25) is 0 Å². The van der Waals surface area contributed by atoms with Crippen molar-refractivity contribution in [3.05, 3.63) is 23.7 Å². The predicted molar refractivity (Wildman–Crippen MR) is 138 cm³/mol. The van der Waals surface area contributed by atoms with Gasteiger partial charge in [0.05, 0.1) is 17.4 Å². The van der Waals surface area contributed by atoms with E-state index in [-0.39, 0.29) is 24.2 Å². The first-order chi connectivity index (χ1) is 18.3. The molecule has 1 amide bonds. The van der Waals surface area contributed by atoms with Crippen LogP contribution in [0.25, 0.3) is 0 Å². The van der Waals surface area contributed by atoms with Gasteiger partial charge in [-0.25, -0.2) is 4.98 Å². The molecule has 208 valence electrons. The molecule has 0 unspecified atom stereocenters. The molecular weight excluding hydrogens is 497 g/mol. The van der Waals surface area contributed by atoms with Crippen LogP contribution in [-0.4, -0.2) is 74.7 Å². The van der Waals surface area contributed by atoms with Crippen molar-refractivity contribution < 1.29 is 18.0 Å². The van der Waals surface area contributed by atoms with E-state index >= 15 is 0 Å².